The standard InChI is InChI=1S/C24H30ClNO/c1-16-4-5-18(8-20(16)25)21-7-6-19(27-21)12-26-24-11-17-9-22(2,14-24)13-23(3,10-17)15-24/h4-8,17,26H,9-15H2,1-3H3. The van der Waals surface area contributed by atoms with Gasteiger partial charge in [-0.05, 0) is 86.0 Å². The van der Waals surface area contributed by atoms with Crippen molar-refractivity contribution in [2.45, 2.75) is 71.4 Å². The molecule has 0 amide bonds. The van der Waals surface area contributed by atoms with Crippen molar-refractivity contribution in [3.8, 4) is 11.3 Å². The number of halogens is 1. The molecule has 6 rings (SSSR count). The number of hydrogen-bond donors (Lipinski definition) is 1. The van der Waals surface area contributed by atoms with Crippen molar-refractivity contribution in [2.24, 2.45) is 16.7 Å². The average molecular weight is 384 g/mol. The molecule has 4 aliphatic rings. The SMILES string of the molecule is Cc1ccc(-c2ccc(CNC34CC5CC(C)(CC(C)(C5)C3)C4)o2)cc1Cl. The van der Waals surface area contributed by atoms with Crippen LogP contribution in [0.5, 0.6) is 0 Å². The van der Waals surface area contributed by atoms with Gasteiger partial charge in [-0.3, -0.25) is 0 Å². The first-order chi connectivity index (χ1) is 12.8. The van der Waals surface area contributed by atoms with Gasteiger partial charge in [0.1, 0.15) is 11.5 Å². The normalized spacial score (nSPS) is 37.1. The highest BCUT2D eigenvalue weighted by atomic mass is 35.5. The fourth-order valence-electron chi connectivity index (χ4n) is 7.29. The second-order valence-electron chi connectivity index (χ2n) is 10.5. The first kappa shape index (κ1) is 17.8. The highest BCUT2D eigenvalue weighted by Crippen LogP contribution is 2.66. The van der Waals surface area contributed by atoms with E-state index in [-0.39, 0.29) is 0 Å². The molecule has 4 aliphatic carbocycles. The molecule has 4 saturated carbocycles. The molecule has 144 valence electrons. The highest BCUT2D eigenvalue weighted by molar-refractivity contribution is 6.31. The van der Waals surface area contributed by atoms with Crippen molar-refractivity contribution in [2.75, 3.05) is 0 Å². The number of aryl methyl sites for hydroxylation is 1. The van der Waals surface area contributed by atoms with Crippen LogP contribution in [0.1, 0.15) is 63.7 Å². The molecule has 2 atom stereocenters. The summed E-state index contributed by atoms with van der Waals surface area (Å²) in [4.78, 5) is 0. The molecule has 1 heterocycles. The highest BCUT2D eigenvalue weighted by Gasteiger charge is 2.59. The van der Waals surface area contributed by atoms with E-state index in [1.54, 1.807) is 0 Å². The summed E-state index contributed by atoms with van der Waals surface area (Å²) < 4.78 is 6.16. The lowest BCUT2D eigenvalue weighted by atomic mass is 9.43. The van der Waals surface area contributed by atoms with Crippen LogP contribution in [0.2, 0.25) is 5.02 Å². The maximum atomic E-state index is 6.28. The Kier molecular flexibility index (Phi) is 3.88. The second kappa shape index (κ2) is 5.87. The fourth-order valence-corrected chi connectivity index (χ4v) is 7.47. The molecular weight excluding hydrogens is 354 g/mol. The van der Waals surface area contributed by atoms with Crippen molar-refractivity contribution in [3.63, 3.8) is 0 Å². The third-order valence-electron chi connectivity index (χ3n) is 7.38. The number of benzene rings is 1. The number of nitrogens with one attached hydrogen (secondary N) is 1. The number of rotatable bonds is 4. The maximum absolute atomic E-state index is 6.28. The van der Waals surface area contributed by atoms with Crippen molar-refractivity contribution < 1.29 is 4.42 Å². The minimum absolute atomic E-state index is 0.309. The van der Waals surface area contributed by atoms with E-state index < -0.39 is 0 Å². The Hall–Kier alpha value is -1.25. The van der Waals surface area contributed by atoms with Crippen molar-refractivity contribution in [1.82, 2.24) is 5.32 Å². The van der Waals surface area contributed by atoms with Gasteiger partial charge in [0, 0.05) is 16.1 Å². The van der Waals surface area contributed by atoms with Crippen LogP contribution < -0.4 is 5.32 Å². The molecule has 0 spiro atoms. The van der Waals surface area contributed by atoms with Crippen LogP contribution in [0.25, 0.3) is 11.3 Å². The van der Waals surface area contributed by atoms with Crippen molar-refractivity contribution in [3.05, 3.63) is 46.7 Å². The summed E-state index contributed by atoms with van der Waals surface area (Å²) >= 11 is 6.28. The molecule has 4 bridgehead atoms. The van der Waals surface area contributed by atoms with Crippen molar-refractivity contribution in [1.29, 1.82) is 0 Å². The minimum Gasteiger partial charge on any atom is -0.460 e. The average Bonchev–Trinajstić information content (AvgIpc) is 3.01. The van der Waals surface area contributed by atoms with E-state index in [1.165, 1.54) is 38.5 Å². The molecule has 4 fully saturated rings. The molecule has 1 aromatic carbocycles. The van der Waals surface area contributed by atoms with E-state index in [1.807, 2.05) is 13.0 Å². The maximum Gasteiger partial charge on any atom is 0.134 e. The molecule has 0 saturated heterocycles. The van der Waals surface area contributed by atoms with Crippen LogP contribution in [-0.2, 0) is 6.54 Å². The van der Waals surface area contributed by atoms with Gasteiger partial charge in [0.05, 0.1) is 6.54 Å². The summed E-state index contributed by atoms with van der Waals surface area (Å²) in [6.45, 7) is 7.89. The number of hydrogen-bond acceptors (Lipinski definition) is 2. The van der Waals surface area contributed by atoms with Gasteiger partial charge < -0.3 is 9.73 Å². The molecule has 2 nitrogen and oxygen atoms in total. The number of furan rings is 1. The van der Waals surface area contributed by atoms with E-state index in [0.717, 1.165) is 40.1 Å². The second-order valence-corrected chi connectivity index (χ2v) is 10.9. The zero-order chi connectivity index (χ0) is 18.9. The topological polar surface area (TPSA) is 25.2 Å². The molecule has 2 unspecified atom stereocenters. The molecule has 0 aliphatic heterocycles. The molecular formula is C24H30ClNO. The van der Waals surface area contributed by atoms with Crippen molar-refractivity contribution >= 4 is 11.6 Å². The lowest BCUT2D eigenvalue weighted by Gasteiger charge is -2.65. The molecule has 27 heavy (non-hydrogen) atoms. The summed E-state index contributed by atoms with van der Waals surface area (Å²) in [6.07, 6.45) is 8.29. The lowest BCUT2D eigenvalue weighted by molar-refractivity contribution is -0.118. The lowest BCUT2D eigenvalue weighted by Crippen LogP contribution is -2.63. The van der Waals surface area contributed by atoms with E-state index in [4.69, 9.17) is 16.0 Å². The van der Waals surface area contributed by atoms with Crippen LogP contribution in [0.4, 0.5) is 0 Å². The van der Waals surface area contributed by atoms with Crippen LogP contribution in [-0.4, -0.2) is 5.54 Å². The Bertz CT molecular complexity index is 866. The first-order valence-electron chi connectivity index (χ1n) is 10.4. The van der Waals surface area contributed by atoms with E-state index in [9.17, 15) is 0 Å². The third kappa shape index (κ3) is 3.15. The van der Waals surface area contributed by atoms with E-state index >= 15 is 0 Å². The molecule has 2 aromatic rings. The van der Waals surface area contributed by atoms with Gasteiger partial charge >= 0.3 is 0 Å². The molecule has 0 radical (unpaired) electrons. The quantitative estimate of drug-likeness (QED) is 0.631. The van der Waals surface area contributed by atoms with Gasteiger partial charge in [-0.15, -0.1) is 0 Å². The van der Waals surface area contributed by atoms with Gasteiger partial charge in [-0.25, -0.2) is 0 Å². The first-order valence-corrected chi connectivity index (χ1v) is 10.7. The summed E-state index contributed by atoms with van der Waals surface area (Å²) in [7, 11) is 0. The third-order valence-corrected chi connectivity index (χ3v) is 7.79. The van der Waals surface area contributed by atoms with Gasteiger partial charge in [-0.1, -0.05) is 37.6 Å². The van der Waals surface area contributed by atoms with E-state index in [2.05, 4.69) is 43.4 Å². The Balaban J connectivity index is 1.32. The van der Waals surface area contributed by atoms with Crippen LogP contribution in [0, 0.1) is 23.7 Å². The molecule has 1 N–H and O–H groups in total. The monoisotopic (exact) mass is 383 g/mol. The predicted molar refractivity (Wildman–Crippen MR) is 111 cm³/mol. The summed E-state index contributed by atoms with van der Waals surface area (Å²) in [5.74, 6) is 2.83. The minimum atomic E-state index is 0.309. The van der Waals surface area contributed by atoms with Gasteiger partial charge in [0.15, 0.2) is 0 Å². The molecule has 1 aromatic heterocycles. The Morgan fingerprint density at radius 1 is 1.04 bits per heavy atom. The van der Waals surface area contributed by atoms with E-state index in [0.29, 0.717) is 16.4 Å². The smallest absolute Gasteiger partial charge is 0.134 e. The summed E-state index contributed by atoms with van der Waals surface area (Å²) in [5, 5.41) is 4.75. The van der Waals surface area contributed by atoms with Crippen LogP contribution >= 0.6 is 11.6 Å². The zero-order valence-corrected chi connectivity index (χ0v) is 17.5. The van der Waals surface area contributed by atoms with Gasteiger partial charge in [0.2, 0.25) is 0 Å². The Morgan fingerprint density at radius 3 is 2.44 bits per heavy atom. The van der Waals surface area contributed by atoms with Gasteiger partial charge in [-0.2, -0.15) is 0 Å². The van der Waals surface area contributed by atoms with Crippen LogP contribution in [0.3, 0.4) is 0 Å². The largest absolute Gasteiger partial charge is 0.460 e. The van der Waals surface area contributed by atoms with Gasteiger partial charge in [0.25, 0.3) is 0 Å². The molecule has 3 heteroatoms. The zero-order valence-electron chi connectivity index (χ0n) is 16.7. The Morgan fingerprint density at radius 2 is 1.78 bits per heavy atom. The van der Waals surface area contributed by atoms with Crippen LogP contribution in [0.15, 0.2) is 34.7 Å². The Labute approximate surface area is 167 Å². The summed E-state index contributed by atoms with van der Waals surface area (Å²) in [5.41, 5.74) is 3.52. The predicted octanol–water partition coefficient (Wildman–Crippen LogP) is 6.75. The fraction of sp³-hybridized carbons (Fsp3) is 0.583. The summed E-state index contributed by atoms with van der Waals surface area (Å²) in [6, 6.07) is 10.3.